The van der Waals surface area contributed by atoms with Crippen molar-refractivity contribution in [2.75, 3.05) is 31.1 Å². The van der Waals surface area contributed by atoms with Crippen molar-refractivity contribution in [3.8, 4) is 5.82 Å². The molecule has 3 aromatic rings. The van der Waals surface area contributed by atoms with Crippen LogP contribution in [0, 0.1) is 0 Å². The van der Waals surface area contributed by atoms with Crippen LogP contribution in [0.4, 0.5) is 5.82 Å². The summed E-state index contributed by atoms with van der Waals surface area (Å²) in [5, 5.41) is 0.488. The van der Waals surface area contributed by atoms with Crippen LogP contribution in [0.1, 0.15) is 0 Å². The van der Waals surface area contributed by atoms with Crippen LogP contribution in [-0.2, 0) is 10.0 Å². The lowest BCUT2D eigenvalue weighted by molar-refractivity contribution is 0.384. The molecular formula is C17H16Cl2N6O2S. The SMILES string of the molecule is O=S(=O)(c1cc(Cl)ccc1Cl)N1CCN(c2cc(-n3ccnc3)ncn2)CC1. The molecule has 2 aromatic heterocycles. The number of nitrogens with zero attached hydrogens (tertiary/aromatic N) is 6. The van der Waals surface area contributed by atoms with E-state index in [9.17, 15) is 8.42 Å². The van der Waals surface area contributed by atoms with Gasteiger partial charge in [-0.25, -0.2) is 23.4 Å². The first-order valence-corrected chi connectivity index (χ1v) is 10.7. The van der Waals surface area contributed by atoms with Crippen LogP contribution < -0.4 is 4.90 Å². The van der Waals surface area contributed by atoms with E-state index >= 15 is 0 Å². The van der Waals surface area contributed by atoms with Gasteiger partial charge in [0.05, 0.1) is 5.02 Å². The average molecular weight is 439 g/mol. The molecule has 0 amide bonds. The molecule has 3 heterocycles. The Morgan fingerprint density at radius 1 is 0.964 bits per heavy atom. The van der Waals surface area contributed by atoms with Gasteiger partial charge in [-0.05, 0) is 18.2 Å². The molecular weight excluding hydrogens is 423 g/mol. The van der Waals surface area contributed by atoms with Gasteiger partial charge in [0.15, 0.2) is 0 Å². The zero-order chi connectivity index (χ0) is 19.7. The van der Waals surface area contributed by atoms with Crippen molar-refractivity contribution in [2.45, 2.75) is 4.90 Å². The Morgan fingerprint density at radius 2 is 1.71 bits per heavy atom. The van der Waals surface area contributed by atoms with Crippen LogP contribution >= 0.6 is 23.2 Å². The lowest BCUT2D eigenvalue weighted by atomic mass is 10.3. The molecule has 0 spiro atoms. The van der Waals surface area contributed by atoms with Gasteiger partial charge in [0, 0.05) is 49.7 Å². The summed E-state index contributed by atoms with van der Waals surface area (Å²) in [6.45, 7) is 1.63. The van der Waals surface area contributed by atoms with Crippen LogP contribution in [0.5, 0.6) is 0 Å². The van der Waals surface area contributed by atoms with E-state index in [0.717, 1.165) is 5.82 Å². The first-order valence-electron chi connectivity index (χ1n) is 8.46. The van der Waals surface area contributed by atoms with Crippen LogP contribution in [0.2, 0.25) is 10.0 Å². The number of anilines is 1. The van der Waals surface area contributed by atoms with Crippen LogP contribution in [0.25, 0.3) is 5.82 Å². The van der Waals surface area contributed by atoms with Crippen molar-refractivity contribution in [3.63, 3.8) is 0 Å². The van der Waals surface area contributed by atoms with E-state index in [4.69, 9.17) is 23.2 Å². The molecule has 0 unspecified atom stereocenters. The molecule has 0 saturated carbocycles. The quantitative estimate of drug-likeness (QED) is 0.621. The lowest BCUT2D eigenvalue weighted by Crippen LogP contribution is -2.49. The van der Waals surface area contributed by atoms with E-state index in [1.54, 1.807) is 29.4 Å². The average Bonchev–Trinajstić information content (AvgIpc) is 3.25. The maximum absolute atomic E-state index is 12.9. The Morgan fingerprint density at radius 3 is 2.43 bits per heavy atom. The number of piperazine rings is 1. The summed E-state index contributed by atoms with van der Waals surface area (Å²) in [5.74, 6) is 1.43. The number of hydrogen-bond donors (Lipinski definition) is 0. The Balaban J connectivity index is 1.51. The number of hydrogen-bond acceptors (Lipinski definition) is 6. The lowest BCUT2D eigenvalue weighted by Gasteiger charge is -2.34. The van der Waals surface area contributed by atoms with Gasteiger partial charge in [-0.3, -0.25) is 4.57 Å². The predicted molar refractivity (Wildman–Crippen MR) is 107 cm³/mol. The number of sulfonamides is 1. The molecule has 0 bridgehead atoms. The van der Waals surface area contributed by atoms with Crippen molar-refractivity contribution >= 4 is 39.0 Å². The van der Waals surface area contributed by atoms with Gasteiger partial charge in [-0.2, -0.15) is 4.31 Å². The minimum atomic E-state index is -3.72. The molecule has 28 heavy (non-hydrogen) atoms. The first-order chi connectivity index (χ1) is 13.4. The third-order valence-electron chi connectivity index (χ3n) is 4.48. The van der Waals surface area contributed by atoms with Gasteiger partial charge in [-0.1, -0.05) is 23.2 Å². The van der Waals surface area contributed by atoms with E-state index in [-0.39, 0.29) is 9.92 Å². The highest BCUT2D eigenvalue weighted by molar-refractivity contribution is 7.89. The minimum Gasteiger partial charge on any atom is -0.354 e. The van der Waals surface area contributed by atoms with Crippen molar-refractivity contribution in [1.82, 2.24) is 23.8 Å². The Bertz CT molecular complexity index is 1080. The molecule has 11 heteroatoms. The van der Waals surface area contributed by atoms with Gasteiger partial charge >= 0.3 is 0 Å². The monoisotopic (exact) mass is 438 g/mol. The second kappa shape index (κ2) is 7.67. The number of aromatic nitrogens is 4. The van der Waals surface area contributed by atoms with E-state index in [0.29, 0.717) is 37.0 Å². The molecule has 0 N–H and O–H groups in total. The molecule has 0 aliphatic carbocycles. The third-order valence-corrected chi connectivity index (χ3v) is 7.10. The highest BCUT2D eigenvalue weighted by Crippen LogP contribution is 2.28. The zero-order valence-corrected chi connectivity index (χ0v) is 16.9. The Hall–Kier alpha value is -2.20. The standard InChI is InChI=1S/C17H16Cl2N6O2S/c18-13-1-2-14(19)15(9-13)28(26,27)25-7-5-23(6-8-25)16-10-17(22-11-21-16)24-4-3-20-12-24/h1-4,9-12H,5-8H2. The smallest absolute Gasteiger partial charge is 0.244 e. The van der Waals surface area contributed by atoms with E-state index in [1.807, 2.05) is 11.0 Å². The summed E-state index contributed by atoms with van der Waals surface area (Å²) < 4.78 is 29.1. The molecule has 1 aliphatic rings. The zero-order valence-electron chi connectivity index (χ0n) is 14.6. The number of rotatable bonds is 4. The first kappa shape index (κ1) is 19.1. The van der Waals surface area contributed by atoms with Crippen LogP contribution in [-0.4, -0.2) is 58.4 Å². The molecule has 1 saturated heterocycles. The normalized spacial score (nSPS) is 15.7. The molecule has 0 atom stereocenters. The second-order valence-corrected chi connectivity index (χ2v) is 8.92. The molecule has 1 aliphatic heterocycles. The second-order valence-electron chi connectivity index (χ2n) is 6.17. The van der Waals surface area contributed by atoms with Crippen molar-refractivity contribution in [1.29, 1.82) is 0 Å². The topological polar surface area (TPSA) is 84.2 Å². The van der Waals surface area contributed by atoms with E-state index in [1.165, 1.54) is 22.8 Å². The molecule has 4 rings (SSSR count). The molecule has 1 aromatic carbocycles. The number of halogens is 2. The molecule has 0 radical (unpaired) electrons. The van der Waals surface area contributed by atoms with Gasteiger partial charge in [0.1, 0.15) is 29.2 Å². The van der Waals surface area contributed by atoms with Gasteiger partial charge < -0.3 is 4.90 Å². The fourth-order valence-corrected chi connectivity index (χ4v) is 5.18. The summed E-state index contributed by atoms with van der Waals surface area (Å²) >= 11 is 12.0. The van der Waals surface area contributed by atoms with Gasteiger partial charge in [0.2, 0.25) is 10.0 Å². The predicted octanol–water partition coefficient (Wildman–Crippen LogP) is 2.48. The van der Waals surface area contributed by atoms with Crippen LogP contribution in [0.3, 0.4) is 0 Å². The summed E-state index contributed by atoms with van der Waals surface area (Å²) in [6.07, 6.45) is 6.61. The maximum atomic E-state index is 12.9. The summed E-state index contributed by atoms with van der Waals surface area (Å²) in [7, 11) is -3.72. The fraction of sp³-hybridized carbons (Fsp3) is 0.235. The summed E-state index contributed by atoms with van der Waals surface area (Å²) in [5.41, 5.74) is 0. The molecule has 1 fully saturated rings. The summed E-state index contributed by atoms with van der Waals surface area (Å²) in [4.78, 5) is 14.6. The van der Waals surface area contributed by atoms with Crippen molar-refractivity contribution in [3.05, 3.63) is 59.4 Å². The highest BCUT2D eigenvalue weighted by atomic mass is 35.5. The fourth-order valence-electron chi connectivity index (χ4n) is 3.02. The Kier molecular flexibility index (Phi) is 5.24. The summed E-state index contributed by atoms with van der Waals surface area (Å²) in [6, 6.07) is 6.28. The highest BCUT2D eigenvalue weighted by Gasteiger charge is 2.30. The number of imidazole rings is 1. The molecule has 146 valence electrons. The van der Waals surface area contributed by atoms with Gasteiger partial charge in [0.25, 0.3) is 0 Å². The van der Waals surface area contributed by atoms with Crippen molar-refractivity contribution in [2.24, 2.45) is 0 Å². The van der Waals surface area contributed by atoms with E-state index in [2.05, 4.69) is 15.0 Å². The van der Waals surface area contributed by atoms with Gasteiger partial charge in [-0.15, -0.1) is 0 Å². The Labute approximate surface area is 172 Å². The third kappa shape index (κ3) is 3.70. The molecule has 8 nitrogen and oxygen atoms in total. The van der Waals surface area contributed by atoms with E-state index < -0.39 is 10.0 Å². The van der Waals surface area contributed by atoms with Crippen LogP contribution in [0.15, 0.2) is 54.2 Å². The van der Waals surface area contributed by atoms with Crippen molar-refractivity contribution < 1.29 is 8.42 Å². The minimum absolute atomic E-state index is 0.0274. The largest absolute Gasteiger partial charge is 0.354 e. The maximum Gasteiger partial charge on any atom is 0.244 e. The number of benzene rings is 1.